The van der Waals surface area contributed by atoms with Crippen LogP contribution in [0.15, 0.2) is 61.1 Å². The van der Waals surface area contributed by atoms with Crippen molar-refractivity contribution in [2.45, 2.75) is 26.7 Å². The summed E-state index contributed by atoms with van der Waals surface area (Å²) in [5.41, 5.74) is 4.41. The smallest absolute Gasteiger partial charge is 0.128 e. The summed E-state index contributed by atoms with van der Waals surface area (Å²) in [5, 5.41) is 1.02. The molecule has 1 saturated heterocycles. The van der Waals surface area contributed by atoms with Gasteiger partial charge in [0.1, 0.15) is 10.8 Å². The highest BCUT2D eigenvalue weighted by atomic mass is 32.1. The molecule has 28 heavy (non-hydrogen) atoms. The lowest BCUT2D eigenvalue weighted by atomic mass is 10.1. The molecule has 1 aromatic carbocycles. The molecule has 3 aromatic heterocycles. The van der Waals surface area contributed by atoms with E-state index < -0.39 is 0 Å². The van der Waals surface area contributed by atoms with E-state index in [1.165, 1.54) is 23.1 Å². The van der Waals surface area contributed by atoms with Crippen LogP contribution in [0.2, 0.25) is 0 Å². The second-order valence-corrected chi connectivity index (χ2v) is 7.57. The highest BCUT2D eigenvalue weighted by Crippen LogP contribution is 2.33. The monoisotopic (exact) mass is 388 g/mol. The minimum Gasteiger partial charge on any atom is -0.357 e. The number of pyridine rings is 2. The molecule has 5 heteroatoms. The third-order valence-corrected chi connectivity index (χ3v) is 5.88. The molecule has 142 valence electrons. The quantitative estimate of drug-likeness (QED) is 0.429. The van der Waals surface area contributed by atoms with Crippen molar-refractivity contribution in [2.24, 2.45) is 0 Å². The van der Waals surface area contributed by atoms with Gasteiger partial charge < -0.3 is 4.90 Å². The van der Waals surface area contributed by atoms with Crippen molar-refractivity contribution in [3.63, 3.8) is 0 Å². The molecule has 5 rings (SSSR count). The number of hydrogen-bond acceptors (Lipinski definition) is 5. The number of hydrogen-bond donors (Lipinski definition) is 0. The Bertz CT molecular complexity index is 1040. The molecule has 1 aliphatic heterocycles. The molecule has 0 atom stereocenters. The molecule has 4 heterocycles. The molecule has 0 saturated carbocycles. The predicted octanol–water partition coefficient (Wildman–Crippen LogP) is 6.05. The molecular weight excluding hydrogens is 364 g/mol. The fourth-order valence-corrected chi connectivity index (χ4v) is 4.40. The maximum atomic E-state index is 4.79. The van der Waals surface area contributed by atoms with E-state index in [0.29, 0.717) is 0 Å². The molecule has 4 aromatic rings. The van der Waals surface area contributed by atoms with E-state index in [9.17, 15) is 0 Å². The Kier molecular flexibility index (Phi) is 5.63. The van der Waals surface area contributed by atoms with Crippen molar-refractivity contribution in [3.05, 3.63) is 61.1 Å². The van der Waals surface area contributed by atoms with Crippen LogP contribution in [0, 0.1) is 0 Å². The van der Waals surface area contributed by atoms with Gasteiger partial charge in [0.2, 0.25) is 0 Å². The van der Waals surface area contributed by atoms with E-state index in [-0.39, 0.29) is 0 Å². The van der Waals surface area contributed by atoms with Crippen LogP contribution >= 0.6 is 11.3 Å². The zero-order valence-corrected chi connectivity index (χ0v) is 17.1. The van der Waals surface area contributed by atoms with Crippen molar-refractivity contribution in [1.82, 2.24) is 15.0 Å². The van der Waals surface area contributed by atoms with E-state index in [0.717, 1.165) is 40.6 Å². The van der Waals surface area contributed by atoms with Gasteiger partial charge in [-0.25, -0.2) is 9.97 Å². The first-order chi connectivity index (χ1) is 13.9. The minimum absolute atomic E-state index is 1.02. The lowest BCUT2D eigenvalue weighted by Gasteiger charge is -2.15. The first-order valence-electron chi connectivity index (χ1n) is 9.89. The van der Waals surface area contributed by atoms with E-state index >= 15 is 0 Å². The van der Waals surface area contributed by atoms with Gasteiger partial charge in [0, 0.05) is 42.8 Å². The van der Waals surface area contributed by atoms with Gasteiger partial charge in [-0.2, -0.15) is 0 Å². The molecule has 0 unspecified atom stereocenters. The van der Waals surface area contributed by atoms with Gasteiger partial charge in [-0.3, -0.25) is 4.98 Å². The summed E-state index contributed by atoms with van der Waals surface area (Å²) in [5.74, 6) is 1.08. The second kappa shape index (κ2) is 8.48. The third-order valence-electron chi connectivity index (χ3n) is 4.81. The summed E-state index contributed by atoms with van der Waals surface area (Å²) in [4.78, 5) is 16.0. The molecule has 1 aliphatic rings. The van der Waals surface area contributed by atoms with Crippen LogP contribution in [-0.4, -0.2) is 28.0 Å². The summed E-state index contributed by atoms with van der Waals surface area (Å²) in [6.07, 6.45) is 8.17. The molecule has 0 aliphatic carbocycles. The molecule has 0 N–H and O–H groups in total. The Morgan fingerprint density at radius 2 is 1.71 bits per heavy atom. The number of benzene rings is 1. The first kappa shape index (κ1) is 18.6. The zero-order valence-electron chi connectivity index (χ0n) is 16.3. The highest BCUT2D eigenvalue weighted by molar-refractivity contribution is 7.21. The van der Waals surface area contributed by atoms with Crippen LogP contribution in [0.4, 0.5) is 5.82 Å². The Balaban J connectivity index is 0.000000932. The maximum Gasteiger partial charge on any atom is 0.128 e. The number of rotatable bonds is 3. The summed E-state index contributed by atoms with van der Waals surface area (Å²) in [6, 6.07) is 14.7. The van der Waals surface area contributed by atoms with Crippen molar-refractivity contribution in [2.75, 3.05) is 18.0 Å². The molecule has 0 radical (unpaired) electrons. The molecule has 4 nitrogen and oxygen atoms in total. The average Bonchev–Trinajstić information content (AvgIpc) is 3.45. The summed E-state index contributed by atoms with van der Waals surface area (Å²) in [6.45, 7) is 6.23. The van der Waals surface area contributed by atoms with Gasteiger partial charge in [-0.15, -0.1) is 11.3 Å². The van der Waals surface area contributed by atoms with Gasteiger partial charge in [-0.05, 0) is 48.7 Å². The standard InChI is InChI=1S/C21H18N4S.C2H6/c1-2-11-25(10-1)20-8-6-17(14-23-20)21-24-18-7-5-15(12-19(18)26-21)16-4-3-9-22-13-16;1-2/h3-9,12-14H,1-2,10-11H2;1-2H3. The van der Waals surface area contributed by atoms with Crippen molar-refractivity contribution >= 4 is 27.4 Å². The van der Waals surface area contributed by atoms with Gasteiger partial charge in [0.25, 0.3) is 0 Å². The van der Waals surface area contributed by atoms with Gasteiger partial charge in [0.15, 0.2) is 0 Å². The van der Waals surface area contributed by atoms with Gasteiger partial charge in [0.05, 0.1) is 10.2 Å². The molecule has 1 fully saturated rings. The Morgan fingerprint density at radius 1 is 0.893 bits per heavy atom. The number of aromatic nitrogens is 3. The summed E-state index contributed by atoms with van der Waals surface area (Å²) in [7, 11) is 0. The summed E-state index contributed by atoms with van der Waals surface area (Å²) >= 11 is 1.71. The van der Waals surface area contributed by atoms with Crippen LogP contribution < -0.4 is 4.90 Å². The minimum atomic E-state index is 1.02. The fourth-order valence-electron chi connectivity index (χ4n) is 3.41. The third kappa shape index (κ3) is 3.76. The van der Waals surface area contributed by atoms with E-state index in [1.54, 1.807) is 17.5 Å². The SMILES string of the molecule is CC.c1cncc(-c2ccc3nc(-c4ccc(N5CCCC5)nc4)sc3c2)c1. The molecule has 0 amide bonds. The van der Waals surface area contributed by atoms with Crippen molar-refractivity contribution < 1.29 is 0 Å². The number of thiazole rings is 1. The Hall–Kier alpha value is -2.79. The summed E-state index contributed by atoms with van der Waals surface area (Å²) < 4.78 is 1.19. The average molecular weight is 389 g/mol. The highest BCUT2D eigenvalue weighted by Gasteiger charge is 2.14. The van der Waals surface area contributed by atoms with E-state index in [2.05, 4.69) is 51.3 Å². The van der Waals surface area contributed by atoms with Crippen LogP contribution in [0.1, 0.15) is 26.7 Å². The van der Waals surface area contributed by atoms with Crippen molar-refractivity contribution in [3.8, 4) is 21.7 Å². The topological polar surface area (TPSA) is 41.9 Å². The molecule has 0 spiro atoms. The van der Waals surface area contributed by atoms with Crippen LogP contribution in [0.5, 0.6) is 0 Å². The number of anilines is 1. The van der Waals surface area contributed by atoms with Crippen LogP contribution in [0.3, 0.4) is 0 Å². The van der Waals surface area contributed by atoms with E-state index in [1.807, 2.05) is 32.3 Å². The Morgan fingerprint density at radius 3 is 2.43 bits per heavy atom. The van der Waals surface area contributed by atoms with Crippen LogP contribution in [0.25, 0.3) is 31.9 Å². The lowest BCUT2D eigenvalue weighted by Crippen LogP contribution is -2.18. The van der Waals surface area contributed by atoms with Crippen LogP contribution in [-0.2, 0) is 0 Å². The number of nitrogens with zero attached hydrogens (tertiary/aromatic N) is 4. The molecule has 0 bridgehead atoms. The van der Waals surface area contributed by atoms with Gasteiger partial charge in [-0.1, -0.05) is 26.0 Å². The number of fused-ring (bicyclic) bond motifs is 1. The van der Waals surface area contributed by atoms with Crippen molar-refractivity contribution in [1.29, 1.82) is 0 Å². The van der Waals surface area contributed by atoms with Gasteiger partial charge >= 0.3 is 0 Å². The first-order valence-corrected chi connectivity index (χ1v) is 10.7. The predicted molar refractivity (Wildman–Crippen MR) is 119 cm³/mol. The van der Waals surface area contributed by atoms with E-state index in [4.69, 9.17) is 4.98 Å². The second-order valence-electron chi connectivity index (χ2n) is 6.54. The zero-order chi connectivity index (χ0) is 19.3. The normalized spacial score (nSPS) is 13.4. The Labute approximate surface area is 169 Å². The molecular formula is C23H24N4S. The largest absolute Gasteiger partial charge is 0.357 e. The fraction of sp³-hybridized carbons (Fsp3) is 0.261. The lowest BCUT2D eigenvalue weighted by molar-refractivity contribution is 0.938. The maximum absolute atomic E-state index is 4.79.